The first-order valence-corrected chi connectivity index (χ1v) is 10.00. The van der Waals surface area contributed by atoms with Crippen molar-refractivity contribution < 1.29 is 19.4 Å². The zero-order valence-electron chi connectivity index (χ0n) is 13.9. The SMILES string of the molecule is COc1cccc(C(C)(CC(=O)O)NC(=O)CC2CSCCS2)c1. The summed E-state index contributed by atoms with van der Waals surface area (Å²) >= 11 is 3.68. The molecule has 2 unspecified atom stereocenters. The van der Waals surface area contributed by atoms with E-state index >= 15 is 0 Å². The largest absolute Gasteiger partial charge is 0.497 e. The fourth-order valence-corrected chi connectivity index (χ4v) is 5.39. The van der Waals surface area contributed by atoms with Gasteiger partial charge < -0.3 is 15.2 Å². The molecule has 1 saturated heterocycles. The van der Waals surface area contributed by atoms with Gasteiger partial charge in [0.1, 0.15) is 5.75 Å². The van der Waals surface area contributed by atoms with E-state index in [0.717, 1.165) is 22.8 Å². The minimum absolute atomic E-state index is 0.110. The highest BCUT2D eigenvalue weighted by Gasteiger charge is 2.32. The normalized spacial score (nSPS) is 20.0. The number of rotatable bonds is 7. The minimum Gasteiger partial charge on any atom is -0.497 e. The Balaban J connectivity index is 2.13. The summed E-state index contributed by atoms with van der Waals surface area (Å²) in [5, 5.41) is 12.5. The maximum absolute atomic E-state index is 12.5. The number of aliphatic carboxylic acids is 1. The van der Waals surface area contributed by atoms with Crippen LogP contribution in [0.3, 0.4) is 0 Å². The lowest BCUT2D eigenvalue weighted by Crippen LogP contribution is -2.46. The molecule has 1 aromatic carbocycles. The lowest BCUT2D eigenvalue weighted by Gasteiger charge is -2.31. The number of benzene rings is 1. The van der Waals surface area contributed by atoms with Crippen molar-refractivity contribution >= 4 is 35.4 Å². The third-order valence-corrected chi connectivity index (χ3v) is 6.77. The number of nitrogens with one attached hydrogen (secondary N) is 1. The molecule has 1 aromatic rings. The summed E-state index contributed by atoms with van der Waals surface area (Å²) < 4.78 is 5.22. The number of carbonyl (C=O) groups is 2. The van der Waals surface area contributed by atoms with Gasteiger partial charge in [-0.05, 0) is 24.6 Å². The highest BCUT2D eigenvalue weighted by molar-refractivity contribution is 8.06. The van der Waals surface area contributed by atoms with Crippen LogP contribution in [0.5, 0.6) is 5.75 Å². The molecule has 2 N–H and O–H groups in total. The second-order valence-corrected chi connectivity index (χ2v) is 8.51. The summed E-state index contributed by atoms with van der Waals surface area (Å²) in [5.41, 5.74) is -0.243. The highest BCUT2D eigenvalue weighted by Crippen LogP contribution is 2.30. The molecule has 1 aliphatic rings. The predicted molar refractivity (Wildman–Crippen MR) is 98.9 cm³/mol. The van der Waals surface area contributed by atoms with Gasteiger partial charge in [0.25, 0.3) is 0 Å². The number of carboxylic acids is 1. The van der Waals surface area contributed by atoms with Crippen LogP contribution in [0, 0.1) is 0 Å². The maximum Gasteiger partial charge on any atom is 0.306 e. The van der Waals surface area contributed by atoms with Crippen LogP contribution >= 0.6 is 23.5 Å². The van der Waals surface area contributed by atoms with E-state index in [1.54, 1.807) is 32.2 Å². The van der Waals surface area contributed by atoms with Crippen molar-refractivity contribution in [3.8, 4) is 5.75 Å². The molecule has 0 radical (unpaired) electrons. The second-order valence-electron chi connectivity index (χ2n) is 5.95. The van der Waals surface area contributed by atoms with Crippen molar-refractivity contribution in [2.45, 2.75) is 30.6 Å². The van der Waals surface area contributed by atoms with E-state index in [2.05, 4.69) is 5.32 Å². The molecular weight excluding hydrogens is 346 g/mol. The number of hydrogen-bond donors (Lipinski definition) is 2. The summed E-state index contributed by atoms with van der Waals surface area (Å²) in [7, 11) is 1.56. The van der Waals surface area contributed by atoms with Gasteiger partial charge in [0.15, 0.2) is 0 Å². The number of methoxy groups -OCH3 is 1. The number of hydrogen-bond acceptors (Lipinski definition) is 5. The fourth-order valence-electron chi connectivity index (χ4n) is 2.71. The smallest absolute Gasteiger partial charge is 0.306 e. The maximum atomic E-state index is 12.5. The number of ether oxygens (including phenoxy) is 1. The van der Waals surface area contributed by atoms with E-state index < -0.39 is 11.5 Å². The van der Waals surface area contributed by atoms with Crippen LogP contribution in [0.25, 0.3) is 0 Å². The second kappa shape index (κ2) is 8.67. The van der Waals surface area contributed by atoms with Crippen LogP contribution in [-0.4, -0.2) is 46.6 Å². The molecule has 1 heterocycles. The Labute approximate surface area is 150 Å². The molecule has 1 amide bonds. The summed E-state index contributed by atoms with van der Waals surface area (Å²) in [6.45, 7) is 1.75. The van der Waals surface area contributed by atoms with Gasteiger partial charge in [0, 0.05) is 28.9 Å². The van der Waals surface area contributed by atoms with Gasteiger partial charge in [-0.25, -0.2) is 0 Å². The Hall–Kier alpha value is -1.34. The fraction of sp³-hybridized carbons (Fsp3) is 0.529. The van der Waals surface area contributed by atoms with E-state index in [1.165, 1.54) is 0 Å². The van der Waals surface area contributed by atoms with Crippen molar-refractivity contribution in [2.75, 3.05) is 24.4 Å². The van der Waals surface area contributed by atoms with Crippen LogP contribution in [-0.2, 0) is 15.1 Å². The van der Waals surface area contributed by atoms with Crippen LogP contribution in [0.1, 0.15) is 25.3 Å². The van der Waals surface area contributed by atoms with Gasteiger partial charge in [0.05, 0.1) is 19.1 Å². The quantitative estimate of drug-likeness (QED) is 0.770. The molecule has 0 saturated carbocycles. The molecule has 0 aliphatic carbocycles. The highest BCUT2D eigenvalue weighted by atomic mass is 32.2. The van der Waals surface area contributed by atoms with E-state index in [-0.39, 0.29) is 12.3 Å². The first kappa shape index (κ1) is 19.0. The number of amides is 1. The third-order valence-electron chi connectivity index (χ3n) is 3.92. The summed E-state index contributed by atoms with van der Waals surface area (Å²) in [4.78, 5) is 23.8. The van der Waals surface area contributed by atoms with E-state index in [1.807, 2.05) is 29.6 Å². The Kier molecular flexibility index (Phi) is 6.86. The number of carbonyl (C=O) groups excluding carboxylic acids is 1. The van der Waals surface area contributed by atoms with Crippen molar-refractivity contribution in [2.24, 2.45) is 0 Å². The Bertz CT molecular complexity index is 590. The van der Waals surface area contributed by atoms with E-state index in [4.69, 9.17) is 4.74 Å². The van der Waals surface area contributed by atoms with Crippen molar-refractivity contribution in [1.29, 1.82) is 0 Å². The molecule has 7 heteroatoms. The van der Waals surface area contributed by atoms with Crippen LogP contribution in [0.15, 0.2) is 24.3 Å². The minimum atomic E-state index is -0.968. The topological polar surface area (TPSA) is 75.6 Å². The number of carboxylic acid groups (broad SMARTS) is 1. The zero-order chi connectivity index (χ0) is 17.6. The Morgan fingerprint density at radius 1 is 1.42 bits per heavy atom. The first-order chi connectivity index (χ1) is 11.4. The van der Waals surface area contributed by atoms with Crippen LogP contribution in [0.2, 0.25) is 0 Å². The van der Waals surface area contributed by atoms with E-state index in [9.17, 15) is 14.7 Å². The van der Waals surface area contributed by atoms with Gasteiger partial charge in [-0.15, -0.1) is 0 Å². The van der Waals surface area contributed by atoms with Gasteiger partial charge >= 0.3 is 5.97 Å². The molecule has 5 nitrogen and oxygen atoms in total. The molecule has 2 rings (SSSR count). The molecule has 0 spiro atoms. The van der Waals surface area contributed by atoms with Gasteiger partial charge in [-0.2, -0.15) is 23.5 Å². The number of thioether (sulfide) groups is 2. The molecule has 1 aliphatic heterocycles. The molecule has 132 valence electrons. The molecule has 1 fully saturated rings. The van der Waals surface area contributed by atoms with Gasteiger partial charge in [-0.1, -0.05) is 12.1 Å². The van der Waals surface area contributed by atoms with Crippen molar-refractivity contribution in [3.63, 3.8) is 0 Å². The third kappa shape index (κ3) is 5.34. The molecule has 2 atom stereocenters. The van der Waals surface area contributed by atoms with Crippen LogP contribution in [0.4, 0.5) is 0 Å². The van der Waals surface area contributed by atoms with Gasteiger partial charge in [-0.3, -0.25) is 9.59 Å². The Morgan fingerprint density at radius 2 is 2.21 bits per heavy atom. The first-order valence-electron chi connectivity index (χ1n) is 7.79. The van der Waals surface area contributed by atoms with E-state index in [0.29, 0.717) is 17.4 Å². The summed E-state index contributed by atoms with van der Waals surface area (Å²) in [6, 6.07) is 7.18. The lowest BCUT2D eigenvalue weighted by atomic mass is 9.88. The average molecular weight is 370 g/mol. The molecule has 24 heavy (non-hydrogen) atoms. The average Bonchev–Trinajstić information content (AvgIpc) is 2.55. The zero-order valence-corrected chi connectivity index (χ0v) is 15.5. The predicted octanol–water partition coefficient (Wildman–Crippen LogP) is 2.74. The molecular formula is C17H23NO4S2. The molecule has 0 bridgehead atoms. The van der Waals surface area contributed by atoms with Crippen LogP contribution < -0.4 is 10.1 Å². The summed E-state index contributed by atoms with van der Waals surface area (Å²) in [6.07, 6.45) is 0.231. The standard InChI is InChI=1S/C17H23NO4S2/c1-17(10-16(20)21,12-4-3-5-13(8-12)22-2)18-15(19)9-14-11-23-6-7-24-14/h3-5,8,14H,6-7,9-11H2,1-2H3,(H,18,19)(H,20,21). The van der Waals surface area contributed by atoms with Crippen molar-refractivity contribution in [1.82, 2.24) is 5.32 Å². The Morgan fingerprint density at radius 3 is 2.83 bits per heavy atom. The summed E-state index contributed by atoms with van der Waals surface area (Å²) in [5.74, 6) is 2.73. The van der Waals surface area contributed by atoms with Crippen molar-refractivity contribution in [3.05, 3.63) is 29.8 Å². The van der Waals surface area contributed by atoms with Gasteiger partial charge in [0.2, 0.25) is 5.91 Å². The monoisotopic (exact) mass is 369 g/mol. The molecule has 0 aromatic heterocycles. The lowest BCUT2D eigenvalue weighted by molar-refractivity contribution is -0.139.